The van der Waals surface area contributed by atoms with Crippen LogP contribution in [0.4, 0.5) is 5.69 Å². The molecule has 2 aromatic carbocycles. The SMILES string of the molecule is CC(CC(=O)N1CCCOc2ccccc21)c1ccccc1. The van der Waals surface area contributed by atoms with Gasteiger partial charge in [0.25, 0.3) is 0 Å². The monoisotopic (exact) mass is 295 g/mol. The van der Waals surface area contributed by atoms with E-state index < -0.39 is 0 Å². The van der Waals surface area contributed by atoms with Crippen molar-refractivity contribution in [3.8, 4) is 5.75 Å². The number of carbonyl (C=O) groups excluding carboxylic acids is 1. The molecule has 3 rings (SSSR count). The highest BCUT2D eigenvalue weighted by Gasteiger charge is 2.23. The second kappa shape index (κ2) is 6.65. The van der Waals surface area contributed by atoms with Crippen molar-refractivity contribution >= 4 is 11.6 Å². The minimum Gasteiger partial charge on any atom is -0.491 e. The lowest BCUT2D eigenvalue weighted by Gasteiger charge is -2.23. The third-order valence-corrected chi connectivity index (χ3v) is 4.09. The van der Waals surface area contributed by atoms with E-state index in [0.29, 0.717) is 13.0 Å². The summed E-state index contributed by atoms with van der Waals surface area (Å²) in [6.45, 7) is 3.49. The summed E-state index contributed by atoms with van der Waals surface area (Å²) in [7, 11) is 0. The van der Waals surface area contributed by atoms with Gasteiger partial charge in [-0.15, -0.1) is 0 Å². The number of rotatable bonds is 3. The predicted molar refractivity (Wildman–Crippen MR) is 88.4 cm³/mol. The van der Waals surface area contributed by atoms with Crippen LogP contribution in [0.1, 0.15) is 31.2 Å². The Kier molecular flexibility index (Phi) is 4.42. The van der Waals surface area contributed by atoms with Gasteiger partial charge < -0.3 is 9.64 Å². The average molecular weight is 295 g/mol. The van der Waals surface area contributed by atoms with E-state index in [1.165, 1.54) is 5.56 Å². The van der Waals surface area contributed by atoms with E-state index in [2.05, 4.69) is 19.1 Å². The molecular weight excluding hydrogens is 274 g/mol. The number of ether oxygens (including phenoxy) is 1. The molecule has 1 aliphatic heterocycles. The molecule has 0 spiro atoms. The fraction of sp³-hybridized carbons (Fsp3) is 0.316. The van der Waals surface area contributed by atoms with Gasteiger partial charge in [-0.05, 0) is 30.0 Å². The van der Waals surface area contributed by atoms with E-state index in [0.717, 1.165) is 24.4 Å². The summed E-state index contributed by atoms with van der Waals surface area (Å²) in [5, 5.41) is 0. The smallest absolute Gasteiger partial charge is 0.227 e. The maximum absolute atomic E-state index is 12.8. The van der Waals surface area contributed by atoms with Gasteiger partial charge >= 0.3 is 0 Å². The molecule has 0 saturated heterocycles. The molecule has 22 heavy (non-hydrogen) atoms. The summed E-state index contributed by atoms with van der Waals surface area (Å²) in [6, 6.07) is 18.0. The normalized spacial score (nSPS) is 15.4. The molecular formula is C19H21NO2. The Balaban J connectivity index is 1.77. The molecule has 0 radical (unpaired) electrons. The first-order valence-electron chi connectivity index (χ1n) is 7.83. The highest BCUT2D eigenvalue weighted by molar-refractivity contribution is 5.95. The van der Waals surface area contributed by atoms with Crippen molar-refractivity contribution in [1.29, 1.82) is 0 Å². The summed E-state index contributed by atoms with van der Waals surface area (Å²) in [6.07, 6.45) is 1.37. The van der Waals surface area contributed by atoms with Crippen molar-refractivity contribution in [2.45, 2.75) is 25.7 Å². The Morgan fingerprint density at radius 3 is 2.68 bits per heavy atom. The molecule has 1 unspecified atom stereocenters. The summed E-state index contributed by atoms with van der Waals surface area (Å²) in [4.78, 5) is 14.6. The Hall–Kier alpha value is -2.29. The third kappa shape index (κ3) is 3.14. The lowest BCUT2D eigenvalue weighted by Crippen LogP contribution is -2.32. The molecule has 1 aliphatic rings. The second-order valence-electron chi connectivity index (χ2n) is 5.73. The van der Waals surface area contributed by atoms with Gasteiger partial charge in [0.15, 0.2) is 0 Å². The van der Waals surface area contributed by atoms with Gasteiger partial charge in [0.1, 0.15) is 5.75 Å². The Morgan fingerprint density at radius 1 is 1.14 bits per heavy atom. The minimum absolute atomic E-state index is 0.161. The molecule has 1 heterocycles. The molecule has 3 heteroatoms. The lowest BCUT2D eigenvalue weighted by atomic mass is 9.97. The van der Waals surface area contributed by atoms with Crippen LogP contribution >= 0.6 is 0 Å². The summed E-state index contributed by atoms with van der Waals surface area (Å²) >= 11 is 0. The molecule has 1 atom stereocenters. The number of benzene rings is 2. The van der Waals surface area contributed by atoms with Crippen LogP contribution in [0.5, 0.6) is 5.75 Å². The van der Waals surface area contributed by atoms with Crippen molar-refractivity contribution in [1.82, 2.24) is 0 Å². The first-order chi connectivity index (χ1) is 10.8. The van der Waals surface area contributed by atoms with Crippen molar-refractivity contribution < 1.29 is 9.53 Å². The first kappa shape index (κ1) is 14.6. The van der Waals surface area contributed by atoms with Crippen LogP contribution in [0.25, 0.3) is 0 Å². The maximum atomic E-state index is 12.8. The molecule has 0 N–H and O–H groups in total. The van der Waals surface area contributed by atoms with E-state index in [1.807, 2.05) is 47.4 Å². The fourth-order valence-electron chi connectivity index (χ4n) is 2.86. The van der Waals surface area contributed by atoms with Crippen molar-refractivity contribution in [2.75, 3.05) is 18.1 Å². The van der Waals surface area contributed by atoms with Gasteiger partial charge in [-0.1, -0.05) is 49.4 Å². The highest BCUT2D eigenvalue weighted by Crippen LogP contribution is 2.32. The number of nitrogens with zero attached hydrogens (tertiary/aromatic N) is 1. The number of para-hydroxylation sites is 2. The van der Waals surface area contributed by atoms with Crippen LogP contribution in [0, 0.1) is 0 Å². The van der Waals surface area contributed by atoms with Crippen molar-refractivity contribution in [3.63, 3.8) is 0 Å². The zero-order chi connectivity index (χ0) is 15.4. The maximum Gasteiger partial charge on any atom is 0.227 e. The lowest BCUT2D eigenvalue weighted by molar-refractivity contribution is -0.118. The van der Waals surface area contributed by atoms with Crippen LogP contribution in [0.3, 0.4) is 0 Å². The number of hydrogen-bond donors (Lipinski definition) is 0. The molecule has 1 amide bonds. The molecule has 114 valence electrons. The second-order valence-corrected chi connectivity index (χ2v) is 5.73. The number of fused-ring (bicyclic) bond motifs is 1. The van der Waals surface area contributed by atoms with E-state index in [4.69, 9.17) is 4.74 Å². The van der Waals surface area contributed by atoms with Gasteiger partial charge in [-0.25, -0.2) is 0 Å². The molecule has 0 saturated carbocycles. The third-order valence-electron chi connectivity index (χ3n) is 4.09. The van der Waals surface area contributed by atoms with Crippen molar-refractivity contribution in [2.24, 2.45) is 0 Å². The molecule has 0 aliphatic carbocycles. The van der Waals surface area contributed by atoms with E-state index in [9.17, 15) is 4.79 Å². The number of carbonyl (C=O) groups is 1. The number of amides is 1. The van der Waals surface area contributed by atoms with Crippen LogP contribution in [0.2, 0.25) is 0 Å². The molecule has 0 aromatic heterocycles. The predicted octanol–water partition coefficient (Wildman–Crippen LogP) is 4.00. The van der Waals surface area contributed by atoms with E-state index in [1.54, 1.807) is 0 Å². The van der Waals surface area contributed by atoms with Gasteiger partial charge in [0, 0.05) is 13.0 Å². The van der Waals surface area contributed by atoms with Gasteiger partial charge in [0.2, 0.25) is 5.91 Å². The van der Waals surface area contributed by atoms with Crippen molar-refractivity contribution in [3.05, 3.63) is 60.2 Å². The molecule has 0 fully saturated rings. The topological polar surface area (TPSA) is 29.5 Å². The Bertz CT molecular complexity index is 639. The highest BCUT2D eigenvalue weighted by atomic mass is 16.5. The van der Waals surface area contributed by atoms with Crippen LogP contribution in [0.15, 0.2) is 54.6 Å². The standard InChI is InChI=1S/C19H21NO2/c1-15(16-8-3-2-4-9-16)14-19(21)20-12-7-13-22-18-11-6-5-10-17(18)20/h2-6,8-11,15H,7,12-14H2,1H3. The van der Waals surface area contributed by atoms with Crippen LogP contribution in [-0.2, 0) is 4.79 Å². The fourth-order valence-corrected chi connectivity index (χ4v) is 2.86. The minimum atomic E-state index is 0.161. The summed E-state index contributed by atoms with van der Waals surface area (Å²) in [5.74, 6) is 1.18. The van der Waals surface area contributed by atoms with E-state index >= 15 is 0 Å². The molecule has 0 bridgehead atoms. The average Bonchev–Trinajstić information content (AvgIpc) is 2.78. The quantitative estimate of drug-likeness (QED) is 0.856. The zero-order valence-electron chi connectivity index (χ0n) is 12.9. The van der Waals surface area contributed by atoms with Gasteiger partial charge in [0.05, 0.1) is 12.3 Å². The Labute approximate surface area is 131 Å². The van der Waals surface area contributed by atoms with Gasteiger partial charge in [-0.2, -0.15) is 0 Å². The van der Waals surface area contributed by atoms with E-state index in [-0.39, 0.29) is 11.8 Å². The summed E-state index contributed by atoms with van der Waals surface area (Å²) < 4.78 is 5.72. The largest absolute Gasteiger partial charge is 0.491 e. The van der Waals surface area contributed by atoms with Crippen LogP contribution in [-0.4, -0.2) is 19.1 Å². The number of hydrogen-bond acceptors (Lipinski definition) is 2. The summed E-state index contributed by atoms with van der Waals surface area (Å²) in [5.41, 5.74) is 2.10. The zero-order valence-corrected chi connectivity index (χ0v) is 12.9. The Morgan fingerprint density at radius 2 is 1.86 bits per heavy atom. The number of anilines is 1. The molecule has 2 aromatic rings. The van der Waals surface area contributed by atoms with Crippen LogP contribution < -0.4 is 9.64 Å². The van der Waals surface area contributed by atoms with Gasteiger partial charge in [-0.3, -0.25) is 4.79 Å². The molecule has 3 nitrogen and oxygen atoms in total. The first-order valence-corrected chi connectivity index (χ1v) is 7.83.